The van der Waals surface area contributed by atoms with E-state index in [1.165, 1.54) is 0 Å². The molecule has 2 N–H and O–H groups in total. The molecule has 2 rings (SSSR count). The molecule has 0 aliphatic heterocycles. The van der Waals surface area contributed by atoms with E-state index in [1.807, 2.05) is 42.5 Å². The highest BCUT2D eigenvalue weighted by atomic mass is 32.2. The van der Waals surface area contributed by atoms with E-state index in [0.29, 0.717) is 0 Å². The average Bonchev–Trinajstić information content (AvgIpc) is 2.28. The van der Waals surface area contributed by atoms with Crippen LogP contribution in [0.4, 0.5) is 3.89 Å². The van der Waals surface area contributed by atoms with Gasteiger partial charge in [-0.25, -0.2) is 0 Å². The molecule has 0 saturated heterocycles. The molecule has 2 aromatic carbocycles. The summed E-state index contributed by atoms with van der Waals surface area (Å²) in [5.74, 6) is 0. The van der Waals surface area contributed by atoms with E-state index in [0.717, 1.165) is 16.3 Å². The fraction of sp³-hybridized carbons (Fsp3) is 0.167. The van der Waals surface area contributed by atoms with E-state index in [1.54, 1.807) is 6.92 Å². The van der Waals surface area contributed by atoms with Crippen LogP contribution in [-0.2, 0) is 4.87 Å². The van der Waals surface area contributed by atoms with Crippen molar-refractivity contribution in [2.75, 3.05) is 0 Å². The number of rotatable bonds is 2. The summed E-state index contributed by atoms with van der Waals surface area (Å²) in [6, 6.07) is 13.6. The first kappa shape index (κ1) is 10.5. The lowest BCUT2D eigenvalue weighted by Gasteiger charge is -2.21. The number of fused-ring (bicyclic) bond motifs is 1. The lowest BCUT2D eigenvalue weighted by Crippen LogP contribution is -2.27. The van der Waals surface area contributed by atoms with Gasteiger partial charge in [-0.1, -0.05) is 42.5 Å². The van der Waals surface area contributed by atoms with Gasteiger partial charge in [0.15, 0.2) is 0 Å². The van der Waals surface area contributed by atoms with E-state index >= 15 is 0 Å². The van der Waals surface area contributed by atoms with Crippen molar-refractivity contribution in [1.29, 1.82) is 0 Å². The molecule has 0 fully saturated rings. The molecule has 0 aromatic heterocycles. The molecule has 15 heavy (non-hydrogen) atoms. The summed E-state index contributed by atoms with van der Waals surface area (Å²) in [5.41, 5.74) is 6.72. The van der Waals surface area contributed by atoms with E-state index in [9.17, 15) is 3.89 Å². The van der Waals surface area contributed by atoms with Crippen LogP contribution in [0.5, 0.6) is 0 Å². The molecule has 0 spiro atoms. The summed E-state index contributed by atoms with van der Waals surface area (Å²) in [6.45, 7) is 1.68. The highest BCUT2D eigenvalue weighted by Gasteiger charge is 2.24. The summed E-state index contributed by atoms with van der Waals surface area (Å²) >= 11 is 0.173. The molecular formula is C12H12FNS. The maximum atomic E-state index is 12.8. The average molecular weight is 221 g/mol. The molecule has 1 atom stereocenters. The van der Waals surface area contributed by atoms with E-state index in [4.69, 9.17) is 5.73 Å². The molecule has 0 heterocycles. The monoisotopic (exact) mass is 221 g/mol. The van der Waals surface area contributed by atoms with Gasteiger partial charge in [-0.05, 0) is 23.3 Å². The Morgan fingerprint density at radius 3 is 2.53 bits per heavy atom. The Kier molecular flexibility index (Phi) is 2.67. The van der Waals surface area contributed by atoms with Crippen LogP contribution in [0, 0.1) is 0 Å². The van der Waals surface area contributed by atoms with Crippen molar-refractivity contribution in [1.82, 2.24) is 0 Å². The zero-order chi connectivity index (χ0) is 10.9. The van der Waals surface area contributed by atoms with Gasteiger partial charge in [0.1, 0.15) is 4.87 Å². The van der Waals surface area contributed by atoms with Crippen molar-refractivity contribution < 1.29 is 3.89 Å². The predicted octanol–water partition coefficient (Wildman–Crippen LogP) is 3.59. The van der Waals surface area contributed by atoms with Gasteiger partial charge in [-0.2, -0.15) is 3.89 Å². The van der Waals surface area contributed by atoms with Crippen LogP contribution in [0.2, 0.25) is 0 Å². The summed E-state index contributed by atoms with van der Waals surface area (Å²) in [7, 11) is 0. The molecule has 0 radical (unpaired) electrons. The third-order valence-electron chi connectivity index (χ3n) is 2.48. The number of hydrogen-bond donors (Lipinski definition) is 1. The molecule has 0 amide bonds. The summed E-state index contributed by atoms with van der Waals surface area (Å²) in [6.07, 6.45) is 0. The largest absolute Gasteiger partial charge is 0.311 e. The summed E-state index contributed by atoms with van der Waals surface area (Å²) in [4.78, 5) is -0.985. The Bertz CT molecular complexity index is 477. The van der Waals surface area contributed by atoms with E-state index in [2.05, 4.69) is 0 Å². The minimum absolute atomic E-state index is 0.173. The van der Waals surface area contributed by atoms with Gasteiger partial charge in [0.05, 0.1) is 12.1 Å². The Morgan fingerprint density at radius 1 is 1.13 bits per heavy atom. The van der Waals surface area contributed by atoms with Gasteiger partial charge in [0, 0.05) is 0 Å². The van der Waals surface area contributed by atoms with Gasteiger partial charge < -0.3 is 5.73 Å². The quantitative estimate of drug-likeness (QED) is 0.784. The van der Waals surface area contributed by atoms with E-state index < -0.39 is 4.87 Å². The Labute approximate surface area is 92.8 Å². The summed E-state index contributed by atoms with van der Waals surface area (Å²) < 4.78 is 12.8. The fourth-order valence-electron chi connectivity index (χ4n) is 1.70. The molecular weight excluding hydrogens is 209 g/mol. The first-order chi connectivity index (χ1) is 7.15. The van der Waals surface area contributed by atoms with Crippen LogP contribution in [0.25, 0.3) is 10.8 Å². The molecule has 0 saturated carbocycles. The van der Waals surface area contributed by atoms with Crippen molar-refractivity contribution in [2.24, 2.45) is 5.73 Å². The molecule has 0 bridgehead atoms. The fourth-order valence-corrected chi connectivity index (χ4v) is 1.96. The molecule has 78 valence electrons. The topological polar surface area (TPSA) is 26.0 Å². The third kappa shape index (κ3) is 1.85. The molecule has 0 aliphatic rings. The molecule has 0 aliphatic carbocycles. The molecule has 1 unspecified atom stereocenters. The van der Waals surface area contributed by atoms with Gasteiger partial charge >= 0.3 is 0 Å². The maximum absolute atomic E-state index is 12.8. The lowest BCUT2D eigenvalue weighted by molar-refractivity contribution is 0.711. The normalized spacial score (nSPS) is 15.1. The highest BCUT2D eigenvalue weighted by molar-refractivity contribution is 7.95. The second kappa shape index (κ2) is 3.83. The first-order valence-corrected chi connectivity index (χ1v) is 5.44. The zero-order valence-corrected chi connectivity index (χ0v) is 9.22. The summed E-state index contributed by atoms with van der Waals surface area (Å²) in [5, 5.41) is 2.09. The van der Waals surface area contributed by atoms with Crippen LogP contribution in [0.15, 0.2) is 42.5 Å². The van der Waals surface area contributed by atoms with Crippen molar-refractivity contribution in [2.45, 2.75) is 11.8 Å². The molecule has 2 aromatic rings. The Morgan fingerprint density at radius 2 is 1.80 bits per heavy atom. The zero-order valence-electron chi connectivity index (χ0n) is 8.41. The van der Waals surface area contributed by atoms with Crippen LogP contribution in [0.3, 0.4) is 0 Å². The number of nitrogens with two attached hydrogens (primary N) is 1. The van der Waals surface area contributed by atoms with Gasteiger partial charge in [-0.15, -0.1) is 0 Å². The van der Waals surface area contributed by atoms with Crippen molar-refractivity contribution >= 4 is 22.9 Å². The Balaban J connectivity index is 2.71. The van der Waals surface area contributed by atoms with Crippen LogP contribution in [0.1, 0.15) is 12.5 Å². The first-order valence-electron chi connectivity index (χ1n) is 4.72. The van der Waals surface area contributed by atoms with Gasteiger partial charge in [0.25, 0.3) is 0 Å². The second-order valence-electron chi connectivity index (χ2n) is 3.71. The maximum Gasteiger partial charge on any atom is 0.117 e. The smallest absolute Gasteiger partial charge is 0.117 e. The van der Waals surface area contributed by atoms with Crippen molar-refractivity contribution in [3.8, 4) is 0 Å². The van der Waals surface area contributed by atoms with Gasteiger partial charge in [-0.3, -0.25) is 0 Å². The minimum atomic E-state index is -0.985. The van der Waals surface area contributed by atoms with Crippen LogP contribution in [-0.4, -0.2) is 0 Å². The SMILES string of the molecule is CC(N)(SF)c1cccc2ccccc12. The van der Waals surface area contributed by atoms with Gasteiger partial charge in [0.2, 0.25) is 0 Å². The lowest BCUT2D eigenvalue weighted by atomic mass is 10.00. The Hall–Kier alpha value is -1.06. The molecule has 1 nitrogen and oxygen atoms in total. The standard InChI is InChI=1S/C12H12FNS/c1-12(14,15-13)11-8-4-6-9-5-2-3-7-10(9)11/h2-8H,14H2,1H3. The number of benzene rings is 2. The van der Waals surface area contributed by atoms with Crippen LogP contribution >= 0.6 is 12.1 Å². The van der Waals surface area contributed by atoms with Crippen molar-refractivity contribution in [3.63, 3.8) is 0 Å². The number of hydrogen-bond acceptors (Lipinski definition) is 2. The molecule has 3 heteroatoms. The van der Waals surface area contributed by atoms with E-state index in [-0.39, 0.29) is 12.1 Å². The minimum Gasteiger partial charge on any atom is -0.311 e. The second-order valence-corrected chi connectivity index (χ2v) is 4.71. The van der Waals surface area contributed by atoms with Crippen molar-refractivity contribution in [3.05, 3.63) is 48.0 Å². The third-order valence-corrected chi connectivity index (χ3v) is 3.03. The van der Waals surface area contributed by atoms with Crippen LogP contribution < -0.4 is 5.73 Å². The predicted molar refractivity (Wildman–Crippen MR) is 64.2 cm³/mol. The highest BCUT2D eigenvalue weighted by Crippen LogP contribution is 2.35. The number of halogens is 1.